The van der Waals surface area contributed by atoms with Crippen LogP contribution in [0.4, 0.5) is 11.4 Å². The summed E-state index contributed by atoms with van der Waals surface area (Å²) in [6, 6.07) is 9.97. The molecule has 2 aromatic carbocycles. The van der Waals surface area contributed by atoms with Gasteiger partial charge in [-0.2, -0.15) is 0 Å². The van der Waals surface area contributed by atoms with Crippen LogP contribution in [0.1, 0.15) is 0 Å². The minimum absolute atomic E-state index is 0.0319. The Kier molecular flexibility index (Phi) is 5.59. The molecule has 0 aromatic heterocycles. The fourth-order valence-electron chi connectivity index (χ4n) is 1.60. The molecule has 0 heterocycles. The molecule has 0 aliphatic rings. The Hall–Kier alpha value is -1.13. The predicted molar refractivity (Wildman–Crippen MR) is 90.0 cm³/mol. The van der Waals surface area contributed by atoms with E-state index in [-0.39, 0.29) is 12.5 Å². The van der Waals surface area contributed by atoms with Gasteiger partial charge in [0.15, 0.2) is 0 Å². The van der Waals surface area contributed by atoms with Crippen LogP contribution in [-0.4, -0.2) is 12.5 Å². The minimum Gasteiger partial charge on any atom is -0.375 e. The third kappa shape index (κ3) is 4.68. The zero-order valence-electron chi connectivity index (χ0n) is 10.6. The molecule has 21 heavy (non-hydrogen) atoms. The first kappa shape index (κ1) is 16.2. The molecule has 0 saturated heterocycles. The lowest BCUT2D eigenvalue weighted by molar-refractivity contribution is -0.114. The molecule has 0 saturated carbocycles. The Morgan fingerprint density at radius 1 is 0.952 bits per heavy atom. The van der Waals surface area contributed by atoms with Gasteiger partial charge < -0.3 is 10.6 Å². The first-order chi connectivity index (χ1) is 9.95. The van der Waals surface area contributed by atoms with Crippen LogP contribution in [0.25, 0.3) is 0 Å². The number of hydrogen-bond donors (Lipinski definition) is 2. The van der Waals surface area contributed by atoms with E-state index in [0.29, 0.717) is 31.5 Å². The van der Waals surface area contributed by atoms with E-state index < -0.39 is 0 Å². The molecule has 0 aliphatic carbocycles. The Labute approximate surface area is 142 Å². The molecular weight excluding hydrogens is 354 g/mol. The number of halogens is 4. The number of benzene rings is 2. The number of anilines is 2. The Morgan fingerprint density at radius 3 is 2.38 bits per heavy atom. The number of carbonyl (C=O) groups is 1. The summed E-state index contributed by atoms with van der Waals surface area (Å²) in [4.78, 5) is 11.8. The van der Waals surface area contributed by atoms with Crippen molar-refractivity contribution in [2.45, 2.75) is 0 Å². The molecule has 2 N–H and O–H groups in total. The second kappa shape index (κ2) is 7.23. The molecule has 0 aliphatic heterocycles. The van der Waals surface area contributed by atoms with Crippen LogP contribution in [0.15, 0.2) is 36.4 Å². The molecule has 2 aromatic rings. The van der Waals surface area contributed by atoms with Crippen molar-refractivity contribution in [2.24, 2.45) is 0 Å². The molecule has 0 atom stereocenters. The van der Waals surface area contributed by atoms with Gasteiger partial charge in [-0.15, -0.1) is 0 Å². The van der Waals surface area contributed by atoms with E-state index in [9.17, 15) is 4.79 Å². The molecule has 110 valence electrons. The molecule has 7 heteroatoms. The lowest BCUT2D eigenvalue weighted by Crippen LogP contribution is -2.21. The maximum Gasteiger partial charge on any atom is 0.243 e. The molecule has 0 spiro atoms. The Bertz CT molecular complexity index is 676. The van der Waals surface area contributed by atoms with Crippen LogP contribution in [0.3, 0.4) is 0 Å². The highest BCUT2D eigenvalue weighted by Crippen LogP contribution is 2.32. The summed E-state index contributed by atoms with van der Waals surface area (Å²) >= 11 is 23.6. The van der Waals surface area contributed by atoms with Gasteiger partial charge >= 0.3 is 0 Å². The molecule has 0 fully saturated rings. The summed E-state index contributed by atoms with van der Waals surface area (Å²) in [7, 11) is 0. The Balaban J connectivity index is 1.97. The standard InChI is InChI=1S/C14H10Cl4N2O/c15-8-2-1-3-9(4-8)20-14(21)7-19-13-6-11(17)10(16)5-12(13)18/h1-6,19H,7H2,(H,20,21). The number of rotatable bonds is 4. The van der Waals surface area contributed by atoms with Crippen LogP contribution in [0, 0.1) is 0 Å². The lowest BCUT2D eigenvalue weighted by atomic mass is 10.3. The molecule has 1 amide bonds. The van der Waals surface area contributed by atoms with Crippen LogP contribution >= 0.6 is 46.4 Å². The molecular formula is C14H10Cl4N2O. The number of nitrogens with one attached hydrogen (secondary N) is 2. The SMILES string of the molecule is O=C(CNc1cc(Cl)c(Cl)cc1Cl)Nc1cccc(Cl)c1. The van der Waals surface area contributed by atoms with Gasteiger partial charge in [-0.25, -0.2) is 0 Å². The van der Waals surface area contributed by atoms with E-state index in [4.69, 9.17) is 46.4 Å². The van der Waals surface area contributed by atoms with Gasteiger partial charge in [0.1, 0.15) is 0 Å². The molecule has 3 nitrogen and oxygen atoms in total. The van der Waals surface area contributed by atoms with E-state index >= 15 is 0 Å². The summed E-state index contributed by atoms with van der Waals surface area (Å²) in [6.07, 6.45) is 0. The topological polar surface area (TPSA) is 41.1 Å². The maximum absolute atomic E-state index is 11.8. The number of amides is 1. The Morgan fingerprint density at radius 2 is 1.67 bits per heavy atom. The summed E-state index contributed by atoms with van der Waals surface area (Å²) in [5, 5.41) is 7.26. The van der Waals surface area contributed by atoms with Crippen molar-refractivity contribution in [3.8, 4) is 0 Å². The van der Waals surface area contributed by atoms with E-state index in [1.165, 1.54) is 6.07 Å². The van der Waals surface area contributed by atoms with Crippen LogP contribution < -0.4 is 10.6 Å². The van der Waals surface area contributed by atoms with Gasteiger partial charge in [0.2, 0.25) is 5.91 Å². The predicted octanol–water partition coefficient (Wildman–Crippen LogP) is 5.35. The summed E-state index contributed by atoms with van der Waals surface area (Å²) in [5.74, 6) is -0.237. The van der Waals surface area contributed by atoms with Gasteiger partial charge in [0.25, 0.3) is 0 Å². The van der Waals surface area contributed by atoms with Crippen LogP contribution in [0.5, 0.6) is 0 Å². The average Bonchev–Trinajstić information content (AvgIpc) is 2.41. The van der Waals surface area contributed by atoms with E-state index in [1.807, 2.05) is 0 Å². The first-order valence-corrected chi connectivity index (χ1v) is 7.41. The summed E-state index contributed by atoms with van der Waals surface area (Å²) < 4.78 is 0. The fourth-order valence-corrected chi connectivity index (χ4v) is 2.41. The normalized spacial score (nSPS) is 10.3. The van der Waals surface area contributed by atoms with Crippen molar-refractivity contribution in [1.82, 2.24) is 0 Å². The van der Waals surface area contributed by atoms with Crippen LogP contribution in [0.2, 0.25) is 20.1 Å². The zero-order valence-corrected chi connectivity index (χ0v) is 13.6. The van der Waals surface area contributed by atoms with Crippen molar-refractivity contribution >= 4 is 63.7 Å². The maximum atomic E-state index is 11.8. The van der Waals surface area contributed by atoms with Gasteiger partial charge in [-0.05, 0) is 30.3 Å². The second-order valence-corrected chi connectivity index (χ2v) is 5.82. The largest absolute Gasteiger partial charge is 0.375 e. The first-order valence-electron chi connectivity index (χ1n) is 5.89. The lowest BCUT2D eigenvalue weighted by Gasteiger charge is -2.10. The van der Waals surface area contributed by atoms with E-state index in [1.54, 1.807) is 30.3 Å². The van der Waals surface area contributed by atoms with Gasteiger partial charge in [-0.1, -0.05) is 52.5 Å². The van der Waals surface area contributed by atoms with Crippen molar-refractivity contribution in [2.75, 3.05) is 17.2 Å². The second-order valence-electron chi connectivity index (χ2n) is 4.16. The fraction of sp³-hybridized carbons (Fsp3) is 0.0714. The average molecular weight is 364 g/mol. The quantitative estimate of drug-likeness (QED) is 0.718. The molecule has 2 rings (SSSR count). The highest BCUT2D eigenvalue weighted by atomic mass is 35.5. The van der Waals surface area contributed by atoms with Gasteiger partial charge in [0.05, 0.1) is 27.3 Å². The minimum atomic E-state index is -0.237. The third-order valence-electron chi connectivity index (χ3n) is 2.56. The highest BCUT2D eigenvalue weighted by molar-refractivity contribution is 6.44. The summed E-state index contributed by atoms with van der Waals surface area (Å²) in [5.41, 5.74) is 1.15. The molecule has 0 radical (unpaired) electrons. The van der Waals surface area contributed by atoms with Crippen LogP contribution in [-0.2, 0) is 4.79 Å². The van der Waals surface area contributed by atoms with Crippen molar-refractivity contribution in [3.63, 3.8) is 0 Å². The zero-order chi connectivity index (χ0) is 15.4. The third-order valence-corrected chi connectivity index (χ3v) is 3.83. The summed E-state index contributed by atoms with van der Waals surface area (Å²) in [6.45, 7) is 0.0319. The van der Waals surface area contributed by atoms with Crippen molar-refractivity contribution in [3.05, 3.63) is 56.5 Å². The number of carbonyl (C=O) groups excluding carboxylic acids is 1. The van der Waals surface area contributed by atoms with Crippen molar-refractivity contribution < 1.29 is 4.79 Å². The van der Waals surface area contributed by atoms with E-state index in [0.717, 1.165) is 0 Å². The smallest absolute Gasteiger partial charge is 0.243 e. The highest BCUT2D eigenvalue weighted by Gasteiger charge is 2.08. The molecule has 0 bridgehead atoms. The van der Waals surface area contributed by atoms with Gasteiger partial charge in [-0.3, -0.25) is 4.79 Å². The molecule has 0 unspecified atom stereocenters. The van der Waals surface area contributed by atoms with Gasteiger partial charge in [0, 0.05) is 10.7 Å². The van der Waals surface area contributed by atoms with Crippen molar-refractivity contribution in [1.29, 1.82) is 0 Å². The van der Waals surface area contributed by atoms with E-state index in [2.05, 4.69) is 10.6 Å². The monoisotopic (exact) mass is 362 g/mol. The number of hydrogen-bond acceptors (Lipinski definition) is 2.